The molecule has 0 bridgehead atoms. The van der Waals surface area contributed by atoms with Crippen LogP contribution in [0.5, 0.6) is 23.0 Å². The molecular weight excluding hydrogens is 388 g/mol. The van der Waals surface area contributed by atoms with Crippen LogP contribution in [0.3, 0.4) is 0 Å². The summed E-state index contributed by atoms with van der Waals surface area (Å²) in [6.07, 6.45) is 6.37. The highest BCUT2D eigenvalue weighted by molar-refractivity contribution is 6.04. The van der Waals surface area contributed by atoms with Gasteiger partial charge in [0.25, 0.3) is 0 Å². The third-order valence-corrected chi connectivity index (χ3v) is 3.92. The number of ketones is 1. The van der Waals surface area contributed by atoms with E-state index in [1.807, 2.05) is 12.1 Å². The summed E-state index contributed by atoms with van der Waals surface area (Å²) in [4.78, 5) is 12.2. The summed E-state index contributed by atoms with van der Waals surface area (Å²) in [6.45, 7) is 0.248. The Morgan fingerprint density at radius 1 is 0.700 bits per heavy atom. The lowest BCUT2D eigenvalue weighted by Gasteiger charge is -2.10. The van der Waals surface area contributed by atoms with Gasteiger partial charge in [-0.15, -0.1) is 0 Å². The van der Waals surface area contributed by atoms with Gasteiger partial charge in [0.1, 0.15) is 0 Å². The van der Waals surface area contributed by atoms with Crippen molar-refractivity contribution in [3.05, 3.63) is 59.7 Å². The summed E-state index contributed by atoms with van der Waals surface area (Å²) < 4.78 is 31.2. The van der Waals surface area contributed by atoms with Crippen LogP contribution in [0.1, 0.15) is 11.1 Å². The molecular formula is C23H26O7. The Kier molecular flexibility index (Phi) is 9.44. The van der Waals surface area contributed by atoms with Crippen molar-refractivity contribution in [2.45, 2.75) is 0 Å². The number of hydrogen-bond acceptors (Lipinski definition) is 7. The second-order valence-corrected chi connectivity index (χ2v) is 5.99. The zero-order chi connectivity index (χ0) is 21.8. The third-order valence-electron chi connectivity index (χ3n) is 3.92. The van der Waals surface area contributed by atoms with Crippen LogP contribution in [-0.2, 0) is 14.3 Å². The topological polar surface area (TPSA) is 72.5 Å². The van der Waals surface area contributed by atoms with Crippen LogP contribution in [0.2, 0.25) is 0 Å². The third kappa shape index (κ3) is 6.95. The molecule has 30 heavy (non-hydrogen) atoms. The molecule has 0 atom stereocenters. The molecule has 2 aromatic carbocycles. The number of ether oxygens (including phenoxy) is 6. The van der Waals surface area contributed by atoms with E-state index in [9.17, 15) is 4.79 Å². The van der Waals surface area contributed by atoms with E-state index in [2.05, 4.69) is 0 Å². The van der Waals surface area contributed by atoms with Crippen molar-refractivity contribution in [3.63, 3.8) is 0 Å². The molecule has 0 saturated heterocycles. The normalized spacial score (nSPS) is 11.1. The van der Waals surface area contributed by atoms with Crippen LogP contribution in [0.4, 0.5) is 0 Å². The lowest BCUT2D eigenvalue weighted by molar-refractivity contribution is -0.110. The fourth-order valence-electron chi connectivity index (χ4n) is 2.47. The molecule has 7 heteroatoms. The zero-order valence-electron chi connectivity index (χ0n) is 17.5. The van der Waals surface area contributed by atoms with Crippen molar-refractivity contribution in [3.8, 4) is 23.0 Å². The second kappa shape index (κ2) is 12.3. The number of methoxy groups -OCH3 is 4. The highest BCUT2D eigenvalue weighted by atomic mass is 16.7. The molecule has 160 valence electrons. The molecule has 0 saturated carbocycles. The van der Waals surface area contributed by atoms with E-state index in [1.165, 1.54) is 12.2 Å². The van der Waals surface area contributed by atoms with Gasteiger partial charge in [-0.1, -0.05) is 24.3 Å². The first-order valence-corrected chi connectivity index (χ1v) is 9.11. The molecule has 0 N–H and O–H groups in total. The van der Waals surface area contributed by atoms with Crippen LogP contribution >= 0.6 is 0 Å². The number of rotatable bonds is 12. The van der Waals surface area contributed by atoms with Gasteiger partial charge in [0.2, 0.25) is 0 Å². The molecule has 0 aromatic heterocycles. The van der Waals surface area contributed by atoms with Crippen molar-refractivity contribution in [2.24, 2.45) is 0 Å². The van der Waals surface area contributed by atoms with Gasteiger partial charge < -0.3 is 28.4 Å². The Balaban J connectivity index is 2.04. The van der Waals surface area contributed by atoms with Crippen molar-refractivity contribution in [1.82, 2.24) is 0 Å². The molecule has 2 rings (SSSR count). The molecule has 0 radical (unpaired) electrons. The summed E-state index contributed by atoms with van der Waals surface area (Å²) >= 11 is 0. The van der Waals surface area contributed by atoms with E-state index in [0.717, 1.165) is 11.1 Å². The van der Waals surface area contributed by atoms with Crippen LogP contribution in [0.25, 0.3) is 12.2 Å². The molecule has 0 aliphatic rings. The Labute approximate surface area is 176 Å². The van der Waals surface area contributed by atoms with Crippen molar-refractivity contribution < 1.29 is 33.2 Å². The lowest BCUT2D eigenvalue weighted by atomic mass is 10.1. The van der Waals surface area contributed by atoms with E-state index < -0.39 is 0 Å². The minimum Gasteiger partial charge on any atom is -0.493 e. The number of carbonyl (C=O) groups is 1. The fourth-order valence-corrected chi connectivity index (χ4v) is 2.47. The molecule has 7 nitrogen and oxygen atoms in total. The van der Waals surface area contributed by atoms with Gasteiger partial charge in [0.15, 0.2) is 42.4 Å². The minimum atomic E-state index is -0.160. The second-order valence-electron chi connectivity index (χ2n) is 5.99. The maximum absolute atomic E-state index is 12.2. The largest absolute Gasteiger partial charge is 0.493 e. The first kappa shape index (κ1) is 23.0. The fraction of sp³-hybridized carbons (Fsp3) is 0.261. The monoisotopic (exact) mass is 414 g/mol. The molecule has 0 fully saturated rings. The summed E-state index contributed by atoms with van der Waals surface area (Å²) in [5.74, 6) is 2.08. The van der Waals surface area contributed by atoms with Gasteiger partial charge in [-0.25, -0.2) is 0 Å². The highest BCUT2D eigenvalue weighted by Crippen LogP contribution is 2.29. The number of allylic oxidation sites excluding steroid dienone is 2. The van der Waals surface area contributed by atoms with E-state index in [4.69, 9.17) is 28.4 Å². The van der Waals surface area contributed by atoms with Crippen LogP contribution in [-0.4, -0.2) is 47.8 Å². The predicted molar refractivity (Wildman–Crippen MR) is 114 cm³/mol. The Bertz CT molecular complexity index is 816. The summed E-state index contributed by atoms with van der Waals surface area (Å²) in [5.41, 5.74) is 1.61. The Morgan fingerprint density at radius 3 is 1.50 bits per heavy atom. The van der Waals surface area contributed by atoms with Crippen LogP contribution in [0.15, 0.2) is 48.6 Å². The first-order valence-electron chi connectivity index (χ1n) is 9.11. The number of carbonyl (C=O) groups excluding carboxylic acids is 1. The van der Waals surface area contributed by atoms with E-state index >= 15 is 0 Å². The predicted octanol–water partition coefficient (Wildman–Crippen LogP) is 3.96. The van der Waals surface area contributed by atoms with Gasteiger partial charge in [-0.05, 0) is 47.5 Å². The molecule has 0 heterocycles. The van der Waals surface area contributed by atoms with Gasteiger partial charge in [0, 0.05) is 14.2 Å². The van der Waals surface area contributed by atoms with Crippen molar-refractivity contribution >= 4 is 17.9 Å². The lowest BCUT2D eigenvalue weighted by Crippen LogP contribution is -2.00. The highest BCUT2D eigenvalue weighted by Gasteiger charge is 2.06. The molecule has 0 amide bonds. The van der Waals surface area contributed by atoms with Gasteiger partial charge in [-0.3, -0.25) is 4.79 Å². The smallest absolute Gasteiger partial charge is 0.188 e. The zero-order valence-corrected chi connectivity index (χ0v) is 17.5. The van der Waals surface area contributed by atoms with Gasteiger partial charge in [0.05, 0.1) is 14.2 Å². The summed E-state index contributed by atoms with van der Waals surface area (Å²) in [5, 5.41) is 0. The number of hydrogen-bond donors (Lipinski definition) is 0. The van der Waals surface area contributed by atoms with Crippen molar-refractivity contribution in [2.75, 3.05) is 42.0 Å². The number of benzene rings is 2. The van der Waals surface area contributed by atoms with Crippen molar-refractivity contribution in [1.29, 1.82) is 0 Å². The molecule has 0 aliphatic heterocycles. The Morgan fingerprint density at radius 2 is 1.13 bits per heavy atom. The summed E-state index contributed by atoms with van der Waals surface area (Å²) in [7, 11) is 6.19. The van der Waals surface area contributed by atoms with Gasteiger partial charge in [-0.2, -0.15) is 0 Å². The SMILES string of the molecule is COCOc1ccc(/C=C/C(=O)/C=C/c2ccc(OCOC)c(OC)c2)cc1OC. The standard InChI is InChI=1S/C23H26O7/c1-25-15-29-20-11-7-17(13-22(20)27-3)5-9-19(24)10-6-18-8-12-21(30-16-26-2)23(14-18)28-4/h5-14H,15-16H2,1-4H3/b9-5+,10-6+. The average Bonchev–Trinajstić information content (AvgIpc) is 2.78. The Hall–Kier alpha value is -3.29. The molecule has 0 spiro atoms. The van der Waals surface area contributed by atoms with Crippen LogP contribution < -0.4 is 18.9 Å². The van der Waals surface area contributed by atoms with E-state index in [1.54, 1.807) is 64.9 Å². The van der Waals surface area contributed by atoms with Crippen LogP contribution in [0, 0.1) is 0 Å². The quantitative estimate of drug-likeness (QED) is 0.384. The maximum atomic E-state index is 12.2. The van der Waals surface area contributed by atoms with E-state index in [0.29, 0.717) is 23.0 Å². The van der Waals surface area contributed by atoms with E-state index in [-0.39, 0.29) is 19.4 Å². The molecule has 0 unspecified atom stereocenters. The molecule has 0 aliphatic carbocycles. The van der Waals surface area contributed by atoms with Gasteiger partial charge >= 0.3 is 0 Å². The maximum Gasteiger partial charge on any atom is 0.188 e. The summed E-state index contributed by atoms with van der Waals surface area (Å²) in [6, 6.07) is 10.7. The minimum absolute atomic E-state index is 0.124. The molecule has 2 aromatic rings. The first-order chi connectivity index (χ1) is 14.6. The average molecular weight is 414 g/mol.